The first-order valence-corrected chi connectivity index (χ1v) is 15.9. The summed E-state index contributed by atoms with van der Waals surface area (Å²) in [5.74, 6) is -1.74. The molecule has 6 aliphatic rings. The van der Waals surface area contributed by atoms with Crippen LogP contribution in [0.3, 0.4) is 0 Å². The molecule has 1 aromatic rings. The SMILES string of the molecule is CC(=O)OC1=C2C(C)(C)C(O[C@@H]3O[C@@H](C)[C@H](O)[C@@H](O)[C@H]3O)C=C[C@]2(C)[C@H]2C(O)C[C@]3(C)[C@@H](c4ccoc4)CC4O[C@@]43[C@]2(C)C1=O. The second-order valence-electron chi connectivity index (χ2n) is 15.3. The number of hydrogen-bond donors (Lipinski definition) is 4. The van der Waals surface area contributed by atoms with Crippen LogP contribution in [0.15, 0.2) is 46.5 Å². The topological polar surface area (TPSA) is 168 Å². The second-order valence-corrected chi connectivity index (χ2v) is 15.3. The minimum absolute atomic E-state index is 0.000107. The van der Waals surface area contributed by atoms with E-state index >= 15 is 4.79 Å². The number of aliphatic hydroxyl groups excluding tert-OH is 4. The molecule has 14 atom stereocenters. The van der Waals surface area contributed by atoms with Crippen molar-refractivity contribution in [3.63, 3.8) is 0 Å². The van der Waals surface area contributed by atoms with E-state index in [0.29, 0.717) is 18.4 Å². The molecule has 11 nitrogen and oxygen atoms in total. The monoisotopic (exact) mass is 628 g/mol. The van der Waals surface area contributed by atoms with Gasteiger partial charge in [0.15, 0.2) is 12.0 Å². The van der Waals surface area contributed by atoms with Gasteiger partial charge in [0.05, 0.1) is 42.4 Å². The van der Waals surface area contributed by atoms with Crippen molar-refractivity contribution >= 4 is 11.8 Å². The van der Waals surface area contributed by atoms with Crippen molar-refractivity contribution < 1.29 is 53.4 Å². The van der Waals surface area contributed by atoms with Crippen LogP contribution in [0.2, 0.25) is 0 Å². The number of furan rings is 1. The van der Waals surface area contributed by atoms with Crippen LogP contribution in [0.25, 0.3) is 0 Å². The highest BCUT2D eigenvalue weighted by atomic mass is 16.7. The molecule has 1 aromatic heterocycles. The lowest BCUT2D eigenvalue weighted by Crippen LogP contribution is -2.70. The standard InChI is InChI=1S/C34H44O11/c1-15-22(37)23(38)24(39)29(42-15)44-20-8-10-31(5)26-19(36)13-32(6)18(17-9-11-41-14-17)12-21-34(32,45-21)33(26,7)28(40)25(43-16(2)35)27(31)30(20,3)4/h8-11,14-15,18-24,26,29,36-39H,12-13H2,1-7H3/t15-,18+,19?,20?,21?,22-,23+,24+,26+,29-,31+,32+,33-,34-/m0/s1. The van der Waals surface area contributed by atoms with Gasteiger partial charge in [0.25, 0.3) is 0 Å². The molecule has 2 aliphatic heterocycles. The normalized spacial score (nSPS) is 51.2. The lowest BCUT2D eigenvalue weighted by Gasteiger charge is -2.64. The zero-order valence-electron chi connectivity index (χ0n) is 26.7. The summed E-state index contributed by atoms with van der Waals surface area (Å²) in [6.07, 6.45) is -0.166. The van der Waals surface area contributed by atoms with Gasteiger partial charge in [-0.2, -0.15) is 0 Å². The molecular weight excluding hydrogens is 584 g/mol. The van der Waals surface area contributed by atoms with Gasteiger partial charge in [0.1, 0.15) is 23.9 Å². The van der Waals surface area contributed by atoms with E-state index in [2.05, 4.69) is 6.92 Å². The second kappa shape index (κ2) is 9.59. The third-order valence-electron chi connectivity index (χ3n) is 12.5. The summed E-state index contributed by atoms with van der Waals surface area (Å²) < 4.78 is 29.9. The summed E-state index contributed by atoms with van der Waals surface area (Å²) in [5, 5.41) is 43.5. The first-order chi connectivity index (χ1) is 21.0. The van der Waals surface area contributed by atoms with Crippen LogP contribution in [0.1, 0.15) is 72.8 Å². The first-order valence-electron chi connectivity index (χ1n) is 15.9. The Morgan fingerprint density at radius 2 is 1.76 bits per heavy atom. The molecule has 4 N–H and O–H groups in total. The van der Waals surface area contributed by atoms with Gasteiger partial charge < -0.3 is 43.8 Å². The van der Waals surface area contributed by atoms with Crippen molar-refractivity contribution in [2.24, 2.45) is 27.6 Å². The number of fused-ring (bicyclic) bond motifs is 3. The van der Waals surface area contributed by atoms with Crippen LogP contribution in [0.5, 0.6) is 0 Å². The number of epoxide rings is 1. The molecule has 4 fully saturated rings. The van der Waals surface area contributed by atoms with E-state index in [0.717, 1.165) is 5.56 Å². The zero-order valence-corrected chi connectivity index (χ0v) is 26.7. The largest absolute Gasteiger partial charge is 0.472 e. The van der Waals surface area contributed by atoms with Crippen LogP contribution in [0.4, 0.5) is 0 Å². The van der Waals surface area contributed by atoms with Gasteiger partial charge in [-0.3, -0.25) is 9.59 Å². The number of rotatable bonds is 4. The summed E-state index contributed by atoms with van der Waals surface area (Å²) >= 11 is 0. The molecule has 11 heteroatoms. The van der Waals surface area contributed by atoms with Gasteiger partial charge in [-0.05, 0) is 49.8 Å². The maximum atomic E-state index is 15.1. The van der Waals surface area contributed by atoms with Crippen molar-refractivity contribution in [2.45, 2.75) is 122 Å². The maximum Gasteiger partial charge on any atom is 0.308 e. The third kappa shape index (κ3) is 3.71. The molecule has 1 spiro atoms. The molecule has 0 aromatic carbocycles. The Hall–Kier alpha value is -2.38. The van der Waals surface area contributed by atoms with Crippen molar-refractivity contribution in [3.05, 3.63) is 47.6 Å². The summed E-state index contributed by atoms with van der Waals surface area (Å²) in [5.41, 5.74) is -3.23. The fourth-order valence-corrected chi connectivity index (χ4v) is 10.8. The molecule has 45 heavy (non-hydrogen) atoms. The van der Waals surface area contributed by atoms with Gasteiger partial charge in [0, 0.05) is 29.1 Å². The van der Waals surface area contributed by atoms with Crippen molar-refractivity contribution in [1.82, 2.24) is 0 Å². The van der Waals surface area contributed by atoms with Crippen LogP contribution in [-0.2, 0) is 28.5 Å². The number of ketones is 1. The Morgan fingerprint density at radius 1 is 1.04 bits per heavy atom. The summed E-state index contributed by atoms with van der Waals surface area (Å²) in [7, 11) is 0. The number of allylic oxidation sites excluding steroid dienone is 2. The Labute approximate surface area is 262 Å². The highest BCUT2D eigenvalue weighted by Gasteiger charge is 2.88. The minimum atomic E-state index is -1.53. The van der Waals surface area contributed by atoms with Crippen molar-refractivity contribution in [3.8, 4) is 0 Å². The average Bonchev–Trinajstić information content (AvgIpc) is 3.32. The van der Waals surface area contributed by atoms with E-state index in [1.54, 1.807) is 19.5 Å². The zero-order chi connectivity index (χ0) is 32.6. The Bertz CT molecular complexity index is 1480. The van der Waals surface area contributed by atoms with E-state index in [1.807, 2.05) is 45.9 Å². The van der Waals surface area contributed by atoms with Crippen LogP contribution < -0.4 is 0 Å². The molecule has 3 heterocycles. The number of hydrogen-bond acceptors (Lipinski definition) is 11. The van der Waals surface area contributed by atoms with Crippen molar-refractivity contribution in [1.29, 1.82) is 0 Å². The smallest absolute Gasteiger partial charge is 0.308 e. The van der Waals surface area contributed by atoms with E-state index in [-0.39, 0.29) is 17.8 Å². The number of ether oxygens (including phenoxy) is 4. The van der Waals surface area contributed by atoms with Crippen LogP contribution >= 0.6 is 0 Å². The number of carbonyl (C=O) groups is 2. The number of aliphatic hydroxyl groups is 4. The molecule has 2 saturated carbocycles. The molecular formula is C34H44O11. The predicted octanol–water partition coefficient (Wildman–Crippen LogP) is 2.51. The number of Topliss-reactive ketones (excluding diaryl/α,β-unsaturated/α-hetero) is 1. The Kier molecular flexibility index (Phi) is 6.66. The van der Waals surface area contributed by atoms with Gasteiger partial charge in [-0.1, -0.05) is 39.8 Å². The van der Waals surface area contributed by atoms with Gasteiger partial charge in [-0.15, -0.1) is 0 Å². The molecule has 246 valence electrons. The molecule has 7 rings (SSSR count). The van der Waals surface area contributed by atoms with Gasteiger partial charge in [0.2, 0.25) is 5.78 Å². The Balaban J connectivity index is 1.35. The average molecular weight is 629 g/mol. The summed E-state index contributed by atoms with van der Waals surface area (Å²) in [6.45, 7) is 12.5. The lowest BCUT2D eigenvalue weighted by molar-refractivity contribution is -0.306. The number of carbonyl (C=O) groups excluding carboxylic acids is 2. The molecule has 0 bridgehead atoms. The molecule has 4 aliphatic carbocycles. The van der Waals surface area contributed by atoms with Crippen molar-refractivity contribution in [2.75, 3.05) is 0 Å². The molecule has 0 radical (unpaired) electrons. The van der Waals surface area contributed by atoms with E-state index < -0.39 is 87.8 Å². The minimum Gasteiger partial charge on any atom is -0.472 e. The maximum absolute atomic E-state index is 15.1. The van der Waals surface area contributed by atoms with Gasteiger partial charge >= 0.3 is 5.97 Å². The Morgan fingerprint density at radius 3 is 2.40 bits per heavy atom. The fourth-order valence-electron chi connectivity index (χ4n) is 10.8. The van der Waals surface area contributed by atoms with E-state index in [9.17, 15) is 25.2 Å². The first kappa shape index (κ1) is 31.2. The van der Waals surface area contributed by atoms with E-state index in [4.69, 9.17) is 23.4 Å². The molecule has 0 amide bonds. The quantitative estimate of drug-likeness (QED) is 0.220. The van der Waals surface area contributed by atoms with Crippen LogP contribution in [-0.4, -0.2) is 86.8 Å². The molecule has 3 unspecified atom stereocenters. The van der Waals surface area contributed by atoms with Gasteiger partial charge in [-0.25, -0.2) is 0 Å². The molecule has 2 saturated heterocycles. The highest BCUT2D eigenvalue weighted by Crippen LogP contribution is 2.81. The fraction of sp³-hybridized carbons (Fsp3) is 0.706. The summed E-state index contributed by atoms with van der Waals surface area (Å²) in [6, 6.07) is 1.93. The predicted molar refractivity (Wildman–Crippen MR) is 156 cm³/mol. The summed E-state index contributed by atoms with van der Waals surface area (Å²) in [4.78, 5) is 27.7. The third-order valence-corrected chi connectivity index (χ3v) is 12.5. The highest BCUT2D eigenvalue weighted by molar-refractivity contribution is 6.04. The lowest BCUT2D eigenvalue weighted by atomic mass is 9.38. The number of esters is 1. The van der Waals surface area contributed by atoms with Crippen LogP contribution in [0, 0.1) is 27.6 Å². The van der Waals surface area contributed by atoms with E-state index in [1.165, 1.54) is 6.92 Å².